The second kappa shape index (κ2) is 7.33. The van der Waals surface area contributed by atoms with E-state index in [2.05, 4.69) is 5.32 Å². The predicted molar refractivity (Wildman–Crippen MR) is 72.9 cm³/mol. The van der Waals surface area contributed by atoms with Crippen LogP contribution in [-0.4, -0.2) is 23.5 Å². The number of primary amides is 1. The van der Waals surface area contributed by atoms with Crippen molar-refractivity contribution in [2.45, 2.75) is 18.9 Å². The lowest BCUT2D eigenvalue weighted by Gasteiger charge is -2.12. The van der Waals surface area contributed by atoms with Gasteiger partial charge in [-0.3, -0.25) is 9.59 Å². The summed E-state index contributed by atoms with van der Waals surface area (Å²) in [6, 6.07) is 4.42. The summed E-state index contributed by atoms with van der Waals surface area (Å²) in [5.41, 5.74) is 5.27. The first-order valence-electron chi connectivity index (χ1n) is 5.60. The molecule has 0 spiro atoms. The summed E-state index contributed by atoms with van der Waals surface area (Å²) in [7, 11) is 0. The van der Waals surface area contributed by atoms with Crippen LogP contribution in [0.25, 0.3) is 0 Å². The largest absolute Gasteiger partial charge is 0.378 e. The van der Waals surface area contributed by atoms with E-state index in [1.807, 2.05) is 0 Å². The van der Waals surface area contributed by atoms with E-state index in [9.17, 15) is 14.7 Å². The summed E-state index contributed by atoms with van der Waals surface area (Å²) in [5.74, 6) is -1.01. The second-order valence-corrected chi connectivity index (χ2v) is 4.84. The molecule has 1 aromatic carbocycles. The van der Waals surface area contributed by atoms with Gasteiger partial charge in [0, 0.05) is 23.0 Å². The van der Waals surface area contributed by atoms with Crippen molar-refractivity contribution in [2.24, 2.45) is 5.73 Å². The molecule has 0 saturated carbocycles. The maximum absolute atomic E-state index is 11.6. The Morgan fingerprint density at radius 3 is 2.37 bits per heavy atom. The maximum atomic E-state index is 11.6. The zero-order chi connectivity index (χ0) is 14.4. The Morgan fingerprint density at radius 1 is 1.26 bits per heavy atom. The molecular weight excluding hydrogens is 291 g/mol. The van der Waals surface area contributed by atoms with E-state index in [1.54, 1.807) is 0 Å². The van der Waals surface area contributed by atoms with Gasteiger partial charge < -0.3 is 16.2 Å². The lowest BCUT2D eigenvalue weighted by atomic mass is 10.1. The van der Waals surface area contributed by atoms with Gasteiger partial charge in [0.1, 0.15) is 0 Å². The number of nitrogens with one attached hydrogen (secondary N) is 1. The number of benzene rings is 1. The van der Waals surface area contributed by atoms with Gasteiger partial charge in [0.2, 0.25) is 5.91 Å². The molecule has 4 N–H and O–H groups in total. The van der Waals surface area contributed by atoms with Gasteiger partial charge in [-0.25, -0.2) is 0 Å². The minimum atomic E-state index is -1.36. The van der Waals surface area contributed by atoms with Crippen molar-refractivity contribution >= 4 is 35.0 Å². The van der Waals surface area contributed by atoms with E-state index >= 15 is 0 Å². The molecule has 0 heterocycles. The number of aliphatic hydroxyl groups excluding tert-OH is 1. The van der Waals surface area contributed by atoms with Crippen LogP contribution in [0.3, 0.4) is 0 Å². The Hall–Kier alpha value is -1.30. The SMILES string of the molecule is NC(=O)CCCNC(=O)C(O)c1cc(Cl)cc(Cl)c1. The van der Waals surface area contributed by atoms with E-state index < -0.39 is 17.9 Å². The van der Waals surface area contributed by atoms with Crippen LogP contribution >= 0.6 is 23.2 Å². The molecule has 0 fully saturated rings. The first-order valence-corrected chi connectivity index (χ1v) is 6.36. The van der Waals surface area contributed by atoms with Gasteiger partial charge in [-0.15, -0.1) is 0 Å². The Kier molecular flexibility index (Phi) is 6.08. The number of halogens is 2. The van der Waals surface area contributed by atoms with Gasteiger partial charge in [0.15, 0.2) is 6.10 Å². The van der Waals surface area contributed by atoms with Gasteiger partial charge in [-0.2, -0.15) is 0 Å². The van der Waals surface area contributed by atoms with Crippen molar-refractivity contribution in [1.82, 2.24) is 5.32 Å². The smallest absolute Gasteiger partial charge is 0.253 e. The molecule has 2 amide bonds. The first-order chi connectivity index (χ1) is 8.90. The molecule has 0 aliphatic carbocycles. The van der Waals surface area contributed by atoms with Crippen LogP contribution in [0.1, 0.15) is 24.5 Å². The quantitative estimate of drug-likeness (QED) is 0.694. The number of carbonyl (C=O) groups is 2. The molecule has 0 aliphatic rings. The highest BCUT2D eigenvalue weighted by molar-refractivity contribution is 6.34. The Bertz CT molecular complexity index is 460. The van der Waals surface area contributed by atoms with Crippen molar-refractivity contribution in [3.8, 4) is 0 Å². The van der Waals surface area contributed by atoms with Crippen molar-refractivity contribution in [3.63, 3.8) is 0 Å². The molecule has 1 atom stereocenters. The van der Waals surface area contributed by atoms with Crippen molar-refractivity contribution in [2.75, 3.05) is 6.54 Å². The topological polar surface area (TPSA) is 92.4 Å². The van der Waals surface area contributed by atoms with Gasteiger partial charge in [0.05, 0.1) is 0 Å². The summed E-state index contributed by atoms with van der Waals surface area (Å²) in [6.07, 6.45) is -0.756. The summed E-state index contributed by atoms with van der Waals surface area (Å²) >= 11 is 11.6. The summed E-state index contributed by atoms with van der Waals surface area (Å²) in [5, 5.41) is 13.0. The molecular formula is C12H14Cl2N2O3. The summed E-state index contributed by atoms with van der Waals surface area (Å²) in [4.78, 5) is 22.2. The molecule has 1 unspecified atom stereocenters. The van der Waals surface area contributed by atoms with Crippen molar-refractivity contribution in [3.05, 3.63) is 33.8 Å². The highest BCUT2D eigenvalue weighted by atomic mass is 35.5. The third-order valence-electron chi connectivity index (χ3n) is 2.35. The third-order valence-corrected chi connectivity index (χ3v) is 2.78. The highest BCUT2D eigenvalue weighted by Gasteiger charge is 2.17. The summed E-state index contributed by atoms with van der Waals surface area (Å²) in [6.45, 7) is 0.257. The molecule has 104 valence electrons. The van der Waals surface area contributed by atoms with E-state index in [-0.39, 0.29) is 13.0 Å². The van der Waals surface area contributed by atoms with Gasteiger partial charge >= 0.3 is 0 Å². The van der Waals surface area contributed by atoms with Crippen LogP contribution in [-0.2, 0) is 9.59 Å². The molecule has 7 heteroatoms. The molecule has 0 aromatic heterocycles. The highest BCUT2D eigenvalue weighted by Crippen LogP contribution is 2.23. The van der Waals surface area contributed by atoms with Gasteiger partial charge in [-0.1, -0.05) is 23.2 Å². The van der Waals surface area contributed by atoms with Crippen LogP contribution in [0.15, 0.2) is 18.2 Å². The average molecular weight is 305 g/mol. The Labute approximate surface area is 120 Å². The van der Waals surface area contributed by atoms with E-state index in [1.165, 1.54) is 18.2 Å². The number of nitrogens with two attached hydrogens (primary N) is 1. The van der Waals surface area contributed by atoms with Crippen LogP contribution in [0.5, 0.6) is 0 Å². The minimum Gasteiger partial charge on any atom is -0.378 e. The number of aliphatic hydroxyl groups is 1. The lowest BCUT2D eigenvalue weighted by molar-refractivity contribution is -0.129. The molecule has 0 bridgehead atoms. The van der Waals surface area contributed by atoms with E-state index in [4.69, 9.17) is 28.9 Å². The fourth-order valence-corrected chi connectivity index (χ4v) is 2.00. The zero-order valence-electron chi connectivity index (χ0n) is 10.0. The molecule has 5 nitrogen and oxygen atoms in total. The Morgan fingerprint density at radius 2 is 1.84 bits per heavy atom. The average Bonchev–Trinajstić information content (AvgIpc) is 2.32. The summed E-state index contributed by atoms with van der Waals surface area (Å²) < 4.78 is 0. The molecule has 1 aromatic rings. The number of hydrogen-bond donors (Lipinski definition) is 3. The fourth-order valence-electron chi connectivity index (χ4n) is 1.46. The number of rotatable bonds is 6. The zero-order valence-corrected chi connectivity index (χ0v) is 11.5. The Balaban J connectivity index is 2.54. The monoisotopic (exact) mass is 304 g/mol. The van der Waals surface area contributed by atoms with Crippen LogP contribution < -0.4 is 11.1 Å². The van der Waals surface area contributed by atoms with E-state index in [0.29, 0.717) is 22.0 Å². The standard InChI is InChI=1S/C12H14Cl2N2O3/c13-8-4-7(5-9(14)6-8)11(18)12(19)16-3-1-2-10(15)17/h4-6,11,18H,1-3H2,(H2,15,17)(H,16,19). The second-order valence-electron chi connectivity index (χ2n) is 3.97. The third kappa shape index (κ3) is 5.46. The maximum Gasteiger partial charge on any atom is 0.253 e. The number of hydrogen-bond acceptors (Lipinski definition) is 3. The first kappa shape index (κ1) is 15.8. The molecule has 0 aliphatic heterocycles. The van der Waals surface area contributed by atoms with Gasteiger partial charge in [0.25, 0.3) is 5.91 Å². The molecule has 0 saturated heterocycles. The van der Waals surface area contributed by atoms with Crippen LogP contribution in [0.2, 0.25) is 10.0 Å². The van der Waals surface area contributed by atoms with Gasteiger partial charge in [-0.05, 0) is 30.2 Å². The van der Waals surface area contributed by atoms with E-state index in [0.717, 1.165) is 0 Å². The molecule has 1 rings (SSSR count). The molecule has 19 heavy (non-hydrogen) atoms. The lowest BCUT2D eigenvalue weighted by Crippen LogP contribution is -2.30. The fraction of sp³-hybridized carbons (Fsp3) is 0.333. The van der Waals surface area contributed by atoms with Crippen LogP contribution in [0.4, 0.5) is 0 Å². The minimum absolute atomic E-state index is 0.180. The normalized spacial score (nSPS) is 11.9. The predicted octanol–water partition coefficient (Wildman–Crippen LogP) is 1.41. The van der Waals surface area contributed by atoms with Crippen molar-refractivity contribution in [1.29, 1.82) is 0 Å². The number of carbonyl (C=O) groups excluding carboxylic acids is 2. The number of amides is 2. The molecule has 0 radical (unpaired) electrons. The van der Waals surface area contributed by atoms with Crippen LogP contribution in [0, 0.1) is 0 Å². The van der Waals surface area contributed by atoms with Crippen molar-refractivity contribution < 1.29 is 14.7 Å².